The molecule has 3 rings (SSSR count). The largest absolute Gasteiger partial charge is 0.377 e. The van der Waals surface area contributed by atoms with Crippen LogP contribution in [0.25, 0.3) is 0 Å². The van der Waals surface area contributed by atoms with Gasteiger partial charge >= 0.3 is 0 Å². The number of likely N-dealkylation sites (N-methyl/N-ethyl adjacent to an activating group) is 1. The summed E-state index contributed by atoms with van der Waals surface area (Å²) in [5.41, 5.74) is 5.60. The van der Waals surface area contributed by atoms with Gasteiger partial charge in [0.25, 0.3) is 0 Å². The van der Waals surface area contributed by atoms with Crippen molar-refractivity contribution in [3.8, 4) is 0 Å². The van der Waals surface area contributed by atoms with Crippen molar-refractivity contribution in [2.45, 2.75) is 44.4 Å². The van der Waals surface area contributed by atoms with Gasteiger partial charge in [0.15, 0.2) is 0 Å². The van der Waals surface area contributed by atoms with Crippen LogP contribution in [0.4, 0.5) is 0 Å². The Hall–Kier alpha value is -0.260. The number of amides is 1. The lowest BCUT2D eigenvalue weighted by Gasteiger charge is -2.61. The molecular formula is C14H24N2O2S. The predicted octanol–water partition coefficient (Wildman–Crippen LogP) is 1.09. The molecule has 2 saturated heterocycles. The first-order valence-electron chi connectivity index (χ1n) is 7.16. The average molecular weight is 284 g/mol. The van der Waals surface area contributed by atoms with Gasteiger partial charge in [-0.2, -0.15) is 11.8 Å². The number of hydrogen-bond acceptors (Lipinski definition) is 4. The molecule has 1 amide bonds. The molecular weight excluding hydrogens is 260 g/mol. The van der Waals surface area contributed by atoms with E-state index >= 15 is 0 Å². The van der Waals surface area contributed by atoms with Crippen LogP contribution in [0.1, 0.15) is 26.7 Å². The number of nitrogens with two attached hydrogens (primary N) is 1. The third kappa shape index (κ3) is 1.64. The quantitative estimate of drug-likeness (QED) is 0.825. The smallest absolute Gasteiger partial charge is 0.243 e. The van der Waals surface area contributed by atoms with Crippen LogP contribution < -0.4 is 5.73 Å². The molecule has 108 valence electrons. The van der Waals surface area contributed by atoms with Gasteiger partial charge in [-0.3, -0.25) is 4.79 Å². The average Bonchev–Trinajstić information content (AvgIpc) is 3.05. The van der Waals surface area contributed by atoms with Crippen LogP contribution in [0, 0.1) is 11.3 Å². The molecule has 1 aliphatic carbocycles. The molecule has 0 radical (unpaired) electrons. The molecule has 0 bridgehead atoms. The summed E-state index contributed by atoms with van der Waals surface area (Å²) >= 11 is 1.92. The minimum Gasteiger partial charge on any atom is -0.377 e. The molecule has 3 aliphatic rings. The van der Waals surface area contributed by atoms with Crippen molar-refractivity contribution in [1.29, 1.82) is 0 Å². The van der Waals surface area contributed by atoms with E-state index in [2.05, 4.69) is 13.8 Å². The fourth-order valence-corrected chi connectivity index (χ4v) is 5.37. The van der Waals surface area contributed by atoms with Crippen molar-refractivity contribution in [3.63, 3.8) is 0 Å². The Bertz CT molecular complexity index is 395. The van der Waals surface area contributed by atoms with E-state index in [0.29, 0.717) is 6.04 Å². The monoisotopic (exact) mass is 284 g/mol. The number of fused-ring (bicyclic) bond motifs is 1. The van der Waals surface area contributed by atoms with Crippen LogP contribution in [0.3, 0.4) is 0 Å². The van der Waals surface area contributed by atoms with Crippen molar-refractivity contribution in [2.75, 3.05) is 25.2 Å². The Kier molecular flexibility index (Phi) is 3.15. The highest BCUT2D eigenvalue weighted by Crippen LogP contribution is 2.58. The van der Waals surface area contributed by atoms with Gasteiger partial charge < -0.3 is 15.4 Å². The summed E-state index contributed by atoms with van der Waals surface area (Å²) in [6, 6.07) is 0.357. The molecule has 4 atom stereocenters. The third-order valence-corrected chi connectivity index (χ3v) is 6.73. The first kappa shape index (κ1) is 13.7. The van der Waals surface area contributed by atoms with E-state index in [-0.39, 0.29) is 23.3 Å². The summed E-state index contributed by atoms with van der Waals surface area (Å²) in [6.45, 7) is 4.90. The second kappa shape index (κ2) is 4.37. The van der Waals surface area contributed by atoms with Gasteiger partial charge in [0, 0.05) is 36.8 Å². The maximum atomic E-state index is 12.9. The van der Waals surface area contributed by atoms with Crippen molar-refractivity contribution in [1.82, 2.24) is 4.90 Å². The number of nitrogens with zero attached hydrogens (tertiary/aromatic N) is 1. The maximum Gasteiger partial charge on any atom is 0.243 e. The summed E-state index contributed by atoms with van der Waals surface area (Å²) in [5, 5.41) is 0. The minimum atomic E-state index is -0.740. The van der Waals surface area contributed by atoms with Gasteiger partial charge in [-0.05, 0) is 18.6 Å². The van der Waals surface area contributed by atoms with Crippen molar-refractivity contribution >= 4 is 17.7 Å². The number of carbonyl (C=O) groups excluding carboxylic acids is 1. The molecule has 1 saturated carbocycles. The van der Waals surface area contributed by atoms with E-state index in [1.807, 2.05) is 23.7 Å². The fourth-order valence-electron chi connectivity index (χ4n) is 4.10. The number of hydrogen-bond donors (Lipinski definition) is 1. The Morgan fingerprint density at radius 1 is 1.42 bits per heavy atom. The lowest BCUT2D eigenvalue weighted by molar-refractivity contribution is -0.184. The van der Waals surface area contributed by atoms with Crippen molar-refractivity contribution in [2.24, 2.45) is 17.1 Å². The van der Waals surface area contributed by atoms with Crippen LogP contribution in [0.5, 0.6) is 0 Å². The summed E-state index contributed by atoms with van der Waals surface area (Å²) < 4.78 is 5.76. The summed E-state index contributed by atoms with van der Waals surface area (Å²) in [6.07, 6.45) is 2.17. The predicted molar refractivity (Wildman–Crippen MR) is 77.0 cm³/mol. The molecule has 2 N–H and O–H groups in total. The zero-order valence-corrected chi connectivity index (χ0v) is 12.8. The molecule has 2 aliphatic heterocycles. The molecule has 4 nitrogen and oxygen atoms in total. The van der Waals surface area contributed by atoms with Crippen LogP contribution in [-0.4, -0.2) is 53.7 Å². The van der Waals surface area contributed by atoms with E-state index in [1.165, 1.54) is 0 Å². The molecule has 0 aromatic carbocycles. The number of carbonyl (C=O) groups is 1. The molecule has 0 aromatic rings. The Morgan fingerprint density at radius 2 is 2.16 bits per heavy atom. The van der Waals surface area contributed by atoms with Crippen molar-refractivity contribution < 1.29 is 9.53 Å². The summed E-state index contributed by atoms with van der Waals surface area (Å²) in [5.74, 6) is 2.52. The second-order valence-corrected chi connectivity index (χ2v) is 7.86. The molecule has 3 fully saturated rings. The number of rotatable bonds is 2. The van der Waals surface area contributed by atoms with Crippen LogP contribution in [-0.2, 0) is 9.53 Å². The Morgan fingerprint density at radius 3 is 2.79 bits per heavy atom. The van der Waals surface area contributed by atoms with Gasteiger partial charge in [0.05, 0.1) is 6.10 Å². The van der Waals surface area contributed by atoms with Gasteiger partial charge in [-0.25, -0.2) is 0 Å². The highest BCUT2D eigenvalue weighted by Gasteiger charge is 2.71. The topological polar surface area (TPSA) is 55.6 Å². The standard InChI is InChI=1S/C14H24N2O2S/c1-13(2)11-10(4-6-18-11)14(13,15)12(17)16(3)9-5-7-19-8-9/h9-11H,4-8,15H2,1-3H3. The zero-order valence-electron chi connectivity index (χ0n) is 12.0. The first-order valence-corrected chi connectivity index (χ1v) is 8.31. The van der Waals surface area contributed by atoms with E-state index in [4.69, 9.17) is 10.5 Å². The van der Waals surface area contributed by atoms with Crippen LogP contribution >= 0.6 is 11.8 Å². The minimum absolute atomic E-state index is 0.122. The second-order valence-electron chi connectivity index (χ2n) is 6.71. The highest BCUT2D eigenvalue weighted by molar-refractivity contribution is 7.99. The first-order chi connectivity index (χ1) is 8.90. The van der Waals surface area contributed by atoms with Gasteiger partial charge in [0.1, 0.15) is 5.54 Å². The molecule has 5 heteroatoms. The van der Waals surface area contributed by atoms with Gasteiger partial charge in [0.2, 0.25) is 5.91 Å². The van der Waals surface area contributed by atoms with Crippen LogP contribution in [0.15, 0.2) is 0 Å². The summed E-state index contributed by atoms with van der Waals surface area (Å²) in [4.78, 5) is 14.8. The molecule has 0 aromatic heterocycles. The molecule has 4 unspecified atom stereocenters. The van der Waals surface area contributed by atoms with E-state index in [9.17, 15) is 4.79 Å². The fraction of sp³-hybridized carbons (Fsp3) is 0.929. The van der Waals surface area contributed by atoms with Gasteiger partial charge in [-0.1, -0.05) is 13.8 Å². The van der Waals surface area contributed by atoms with Crippen LogP contribution in [0.2, 0.25) is 0 Å². The Labute approximate surface area is 119 Å². The van der Waals surface area contributed by atoms with Crippen molar-refractivity contribution in [3.05, 3.63) is 0 Å². The van der Waals surface area contributed by atoms with E-state index in [1.54, 1.807) is 0 Å². The molecule has 2 heterocycles. The molecule has 19 heavy (non-hydrogen) atoms. The normalized spacial score (nSPS) is 43.7. The van der Waals surface area contributed by atoms with Gasteiger partial charge in [-0.15, -0.1) is 0 Å². The third-order valence-electron chi connectivity index (χ3n) is 5.58. The maximum absolute atomic E-state index is 12.9. The summed E-state index contributed by atoms with van der Waals surface area (Å²) in [7, 11) is 1.92. The number of thioether (sulfide) groups is 1. The Balaban J connectivity index is 1.82. The molecule has 0 spiro atoms. The highest BCUT2D eigenvalue weighted by atomic mass is 32.2. The SMILES string of the molecule is CN(C(=O)C1(N)C2CCOC2C1(C)C)C1CCSC1. The number of ether oxygens (including phenoxy) is 1. The zero-order chi connectivity index (χ0) is 13.8. The lowest BCUT2D eigenvalue weighted by atomic mass is 9.47. The lowest BCUT2D eigenvalue weighted by Crippen LogP contribution is -2.80. The van der Waals surface area contributed by atoms with E-state index < -0.39 is 5.54 Å². The van der Waals surface area contributed by atoms with E-state index in [0.717, 1.165) is 31.0 Å².